The van der Waals surface area contributed by atoms with Gasteiger partial charge in [0.1, 0.15) is 11.5 Å². The first-order chi connectivity index (χ1) is 9.61. The summed E-state index contributed by atoms with van der Waals surface area (Å²) in [5.74, 6) is -0.774. The van der Waals surface area contributed by atoms with Crippen LogP contribution in [0.25, 0.3) is 0 Å². The zero-order valence-corrected chi connectivity index (χ0v) is 11.0. The van der Waals surface area contributed by atoms with E-state index in [1.807, 2.05) is 12.1 Å². The van der Waals surface area contributed by atoms with Crippen LogP contribution in [0.15, 0.2) is 42.5 Å². The van der Waals surface area contributed by atoms with E-state index >= 15 is 0 Å². The molecule has 2 aromatic carbocycles. The van der Waals surface area contributed by atoms with E-state index in [9.17, 15) is 15.0 Å². The lowest BCUT2D eigenvalue weighted by Crippen LogP contribution is -2.13. The summed E-state index contributed by atoms with van der Waals surface area (Å²) < 4.78 is 5.06. The van der Waals surface area contributed by atoms with Crippen LogP contribution in [0, 0.1) is 0 Å². The van der Waals surface area contributed by atoms with E-state index in [1.54, 1.807) is 19.2 Å². The molecule has 5 heteroatoms. The molecular weight excluding hydrogens is 258 g/mol. The lowest BCUT2D eigenvalue weighted by Gasteiger charge is -2.11. The highest BCUT2D eigenvalue weighted by molar-refractivity contribution is 6.06. The molecule has 0 aliphatic heterocycles. The molecule has 0 aromatic heterocycles. The number of aromatic hydroxyl groups is 2. The van der Waals surface area contributed by atoms with E-state index in [-0.39, 0.29) is 17.1 Å². The molecule has 3 N–H and O–H groups in total. The number of nitrogens with one attached hydrogen (secondary N) is 1. The SMILES string of the molecule is COCc1ccccc1NC(=O)c1cc(O)ccc1O. The minimum Gasteiger partial charge on any atom is -0.508 e. The first kappa shape index (κ1) is 13.9. The van der Waals surface area contributed by atoms with Crippen LogP contribution in [-0.2, 0) is 11.3 Å². The fourth-order valence-electron chi connectivity index (χ4n) is 1.82. The van der Waals surface area contributed by atoms with Crippen molar-refractivity contribution in [2.75, 3.05) is 12.4 Å². The van der Waals surface area contributed by atoms with Crippen LogP contribution in [0.1, 0.15) is 15.9 Å². The molecule has 0 bridgehead atoms. The second kappa shape index (κ2) is 6.08. The highest BCUT2D eigenvalue weighted by atomic mass is 16.5. The number of carbonyl (C=O) groups excluding carboxylic acids is 1. The number of rotatable bonds is 4. The molecule has 104 valence electrons. The number of benzene rings is 2. The fraction of sp³-hybridized carbons (Fsp3) is 0.133. The van der Waals surface area contributed by atoms with Crippen LogP contribution in [0.5, 0.6) is 11.5 Å². The van der Waals surface area contributed by atoms with Crippen LogP contribution < -0.4 is 5.32 Å². The Balaban J connectivity index is 2.26. The zero-order valence-electron chi connectivity index (χ0n) is 11.0. The molecule has 0 atom stereocenters. The van der Waals surface area contributed by atoms with E-state index in [2.05, 4.69) is 5.32 Å². The molecule has 1 amide bonds. The average molecular weight is 273 g/mol. The van der Waals surface area contributed by atoms with Crippen LogP contribution in [-0.4, -0.2) is 23.2 Å². The Labute approximate surface area is 116 Å². The van der Waals surface area contributed by atoms with Gasteiger partial charge in [-0.15, -0.1) is 0 Å². The number of para-hydroxylation sites is 1. The molecule has 2 rings (SSSR count). The summed E-state index contributed by atoms with van der Waals surface area (Å²) in [5.41, 5.74) is 1.43. The summed E-state index contributed by atoms with van der Waals surface area (Å²) in [6.45, 7) is 0.364. The minimum absolute atomic E-state index is 0.0113. The van der Waals surface area contributed by atoms with E-state index < -0.39 is 5.91 Å². The number of carbonyl (C=O) groups is 1. The Hall–Kier alpha value is -2.53. The molecular formula is C15H15NO4. The summed E-state index contributed by atoms with van der Waals surface area (Å²) in [6, 6.07) is 11.0. The number of ether oxygens (including phenoxy) is 1. The first-order valence-corrected chi connectivity index (χ1v) is 6.02. The Morgan fingerprint density at radius 2 is 1.95 bits per heavy atom. The summed E-state index contributed by atoms with van der Waals surface area (Å²) in [7, 11) is 1.57. The molecule has 20 heavy (non-hydrogen) atoms. The van der Waals surface area contributed by atoms with Crippen molar-refractivity contribution in [1.82, 2.24) is 0 Å². The van der Waals surface area contributed by atoms with Gasteiger partial charge in [-0.3, -0.25) is 4.79 Å². The van der Waals surface area contributed by atoms with Crippen molar-refractivity contribution in [1.29, 1.82) is 0 Å². The maximum absolute atomic E-state index is 12.1. The second-order valence-corrected chi connectivity index (χ2v) is 4.25. The quantitative estimate of drug-likeness (QED) is 0.748. The maximum atomic E-state index is 12.1. The number of phenols is 2. The van der Waals surface area contributed by atoms with Crippen molar-refractivity contribution in [3.05, 3.63) is 53.6 Å². The Morgan fingerprint density at radius 3 is 2.70 bits per heavy atom. The van der Waals surface area contributed by atoms with E-state index in [4.69, 9.17) is 4.74 Å². The molecule has 0 spiro atoms. The molecule has 2 aromatic rings. The lowest BCUT2D eigenvalue weighted by molar-refractivity contribution is 0.102. The average Bonchev–Trinajstić information content (AvgIpc) is 2.44. The highest BCUT2D eigenvalue weighted by Gasteiger charge is 2.13. The predicted octanol–water partition coefficient (Wildman–Crippen LogP) is 2.50. The Bertz CT molecular complexity index is 625. The molecule has 0 radical (unpaired) electrons. The van der Waals surface area contributed by atoms with Gasteiger partial charge in [-0.05, 0) is 24.3 Å². The van der Waals surface area contributed by atoms with Crippen molar-refractivity contribution >= 4 is 11.6 Å². The zero-order chi connectivity index (χ0) is 14.5. The molecule has 0 aliphatic carbocycles. The number of phenolic OH excluding ortho intramolecular Hbond substituents is 2. The normalized spacial score (nSPS) is 10.2. The van der Waals surface area contributed by atoms with Gasteiger partial charge in [0, 0.05) is 18.4 Å². The van der Waals surface area contributed by atoms with E-state index in [0.717, 1.165) is 5.56 Å². The van der Waals surface area contributed by atoms with Crippen molar-refractivity contribution in [2.24, 2.45) is 0 Å². The van der Waals surface area contributed by atoms with Crippen LogP contribution in [0.4, 0.5) is 5.69 Å². The Kier molecular flexibility index (Phi) is 4.22. The maximum Gasteiger partial charge on any atom is 0.259 e. The number of hydrogen-bond donors (Lipinski definition) is 3. The topological polar surface area (TPSA) is 78.8 Å². The van der Waals surface area contributed by atoms with Crippen molar-refractivity contribution < 1.29 is 19.7 Å². The number of anilines is 1. The predicted molar refractivity (Wildman–Crippen MR) is 74.9 cm³/mol. The minimum atomic E-state index is -0.498. The molecule has 5 nitrogen and oxygen atoms in total. The second-order valence-electron chi connectivity index (χ2n) is 4.25. The summed E-state index contributed by atoms with van der Waals surface area (Å²) in [5, 5.41) is 21.7. The van der Waals surface area contributed by atoms with Gasteiger partial charge in [0.15, 0.2) is 0 Å². The molecule has 0 saturated carbocycles. The van der Waals surface area contributed by atoms with Gasteiger partial charge in [-0.2, -0.15) is 0 Å². The smallest absolute Gasteiger partial charge is 0.259 e. The molecule has 0 heterocycles. The third-order valence-electron chi connectivity index (χ3n) is 2.79. The van der Waals surface area contributed by atoms with Gasteiger partial charge in [-0.1, -0.05) is 18.2 Å². The van der Waals surface area contributed by atoms with Crippen molar-refractivity contribution in [2.45, 2.75) is 6.61 Å². The van der Waals surface area contributed by atoms with E-state index in [1.165, 1.54) is 18.2 Å². The van der Waals surface area contributed by atoms with Crippen molar-refractivity contribution in [3.8, 4) is 11.5 Å². The molecule has 0 unspecified atom stereocenters. The first-order valence-electron chi connectivity index (χ1n) is 6.02. The molecule has 0 saturated heterocycles. The number of methoxy groups -OCH3 is 1. The largest absolute Gasteiger partial charge is 0.508 e. The van der Waals surface area contributed by atoms with Gasteiger partial charge >= 0.3 is 0 Å². The van der Waals surface area contributed by atoms with Gasteiger partial charge in [0.25, 0.3) is 5.91 Å². The summed E-state index contributed by atoms with van der Waals surface area (Å²) >= 11 is 0. The van der Waals surface area contributed by atoms with Crippen LogP contribution >= 0.6 is 0 Å². The van der Waals surface area contributed by atoms with Gasteiger partial charge in [0.05, 0.1) is 12.2 Å². The number of hydrogen-bond acceptors (Lipinski definition) is 4. The van der Waals surface area contributed by atoms with Gasteiger partial charge < -0.3 is 20.3 Å². The van der Waals surface area contributed by atoms with Gasteiger partial charge in [-0.25, -0.2) is 0 Å². The van der Waals surface area contributed by atoms with E-state index in [0.29, 0.717) is 12.3 Å². The number of amides is 1. The van der Waals surface area contributed by atoms with Crippen LogP contribution in [0.2, 0.25) is 0 Å². The fourth-order valence-corrected chi connectivity index (χ4v) is 1.82. The standard InChI is InChI=1S/C15H15NO4/c1-20-9-10-4-2-3-5-13(10)16-15(19)12-8-11(17)6-7-14(12)18/h2-8,17-18H,9H2,1H3,(H,16,19). The monoisotopic (exact) mass is 273 g/mol. The Morgan fingerprint density at radius 1 is 1.20 bits per heavy atom. The van der Waals surface area contributed by atoms with Crippen LogP contribution in [0.3, 0.4) is 0 Å². The summed E-state index contributed by atoms with van der Waals surface area (Å²) in [6.07, 6.45) is 0. The third kappa shape index (κ3) is 3.07. The third-order valence-corrected chi connectivity index (χ3v) is 2.79. The summed E-state index contributed by atoms with van der Waals surface area (Å²) in [4.78, 5) is 12.1. The molecule has 0 fully saturated rings. The molecule has 0 aliphatic rings. The highest BCUT2D eigenvalue weighted by Crippen LogP contribution is 2.24. The van der Waals surface area contributed by atoms with Crippen molar-refractivity contribution in [3.63, 3.8) is 0 Å². The van der Waals surface area contributed by atoms with Gasteiger partial charge in [0.2, 0.25) is 0 Å². The lowest BCUT2D eigenvalue weighted by atomic mass is 10.1.